The Kier molecular flexibility index (Phi) is 15.4. The Bertz CT molecular complexity index is 6940. The minimum absolute atomic E-state index is 0.00857. The van der Waals surface area contributed by atoms with Crippen LogP contribution in [0.2, 0.25) is 5.02 Å². The molecular formula is C104H94BClN6O2. The van der Waals surface area contributed by atoms with Gasteiger partial charge in [0.15, 0.2) is 0 Å². The van der Waals surface area contributed by atoms with Crippen molar-refractivity contribution in [2.75, 3.05) is 29.4 Å². The maximum absolute atomic E-state index is 10.5. The van der Waals surface area contributed by atoms with E-state index in [0.717, 1.165) is 50.7 Å². The zero-order chi connectivity index (χ0) is 91.0. The van der Waals surface area contributed by atoms with E-state index in [1.807, 2.05) is 322 Å². The average Bonchev–Trinajstić information content (AvgIpc) is 1.29. The maximum Gasteiger partial charge on any atom is 0.297 e. The Morgan fingerprint density at radius 1 is 0.333 bits per heavy atom. The summed E-state index contributed by atoms with van der Waals surface area (Å²) in [5.41, 5.74) is 11.3. The second-order valence-electron chi connectivity index (χ2n) is 32.8. The average molecular weight is 1520 g/mol. The Hall–Kier alpha value is -12.7. The normalized spacial score (nSPS) is 14.3. The molecule has 0 aliphatic carbocycles. The topological polar surface area (TPSA) is 45.7 Å². The van der Waals surface area contributed by atoms with E-state index in [-0.39, 0.29) is 135 Å². The van der Waals surface area contributed by atoms with Crippen LogP contribution >= 0.6 is 11.6 Å². The van der Waals surface area contributed by atoms with Crippen molar-refractivity contribution in [3.8, 4) is 0 Å². The van der Waals surface area contributed by atoms with Gasteiger partial charge in [0.05, 0.1) is 51.3 Å². The molecule has 0 amide bonds. The van der Waals surface area contributed by atoms with E-state index < -0.39 is 23.0 Å². The smallest absolute Gasteiger partial charge is 0.297 e. The molecule has 4 heterocycles. The fourth-order valence-electron chi connectivity index (χ4n) is 14.9. The molecule has 0 N–H and O–H groups in total. The highest BCUT2D eigenvalue weighted by atomic mass is 35.5. The zero-order valence-electron chi connectivity index (χ0n) is 79.9. The first-order chi connectivity index (χ1) is 60.9. The predicted molar refractivity (Wildman–Crippen MR) is 485 cm³/mol. The number of anilines is 18. The molecule has 0 saturated carbocycles. The molecule has 0 saturated heterocycles. The van der Waals surface area contributed by atoms with Gasteiger partial charge in [-0.1, -0.05) is 264 Å². The summed E-state index contributed by atoms with van der Waals surface area (Å²) in [6.45, 7) is 23.4. The summed E-state index contributed by atoms with van der Waals surface area (Å²) in [4.78, 5) is 11.3. The van der Waals surface area contributed by atoms with Crippen LogP contribution in [0, 0.1) is 0 Å². The third-order valence-corrected chi connectivity index (χ3v) is 21.2. The molecule has 114 heavy (non-hydrogen) atoms. The highest BCUT2D eigenvalue weighted by molar-refractivity contribution is 7.00. The molecule has 18 rings (SSSR count). The van der Waals surface area contributed by atoms with E-state index in [1.54, 1.807) is 14.7 Å². The number of nitrogens with zero attached hydrogens (tertiary/aromatic N) is 6. The molecular weight excluding hydrogens is 1410 g/mol. The zero-order valence-corrected chi connectivity index (χ0v) is 66.6. The van der Waals surface area contributed by atoms with Gasteiger partial charge in [-0.2, -0.15) is 0 Å². The van der Waals surface area contributed by atoms with E-state index in [2.05, 4.69) is 42.7 Å². The first-order valence-electron chi connectivity index (χ1n) is 45.5. The Balaban J connectivity index is 0.000000180. The molecule has 2 aliphatic rings. The fraction of sp³-hybridized carbons (Fsp3) is 0.154. The first-order valence-corrected chi connectivity index (χ1v) is 38.9. The standard InChI is InChI=1S/C52H46BN3O.C52H48ClN3O/c1-51(2,3)35-27-30-47-42(31-35)49-50(57-47)53-43-29-28-41(54(37-19-11-7-12-20-37)38-21-13-8-14-22-38)34-44(43)55(39-23-15-9-16-24-39)45-32-36(52(4,5)6)33-46(48(45)53)56(49)40-25-17-10-18-26-40;1-51(2,3)37-30-31-49-45(32-37)48(36-57-49)56(42-26-17-10-18-27-42)47-34-38(52(4,5)6)33-46(50(47)53)55(41-24-15-9-16-25-41)44-29-19-28-43(35-44)54(39-20-11-7-12-21-39)40-22-13-8-14-23-40/h7-34H,1-6H3;7-36H,1-6H3/i27D,28D,29D,30D,31D,34D;19D,28D,29D,30D,31D,32D,35D,36D. The van der Waals surface area contributed by atoms with Gasteiger partial charge in [0.25, 0.3) is 6.71 Å². The van der Waals surface area contributed by atoms with Gasteiger partial charge in [0.2, 0.25) is 0 Å². The summed E-state index contributed by atoms with van der Waals surface area (Å²) in [5, 5.41) is 0.733. The Morgan fingerprint density at radius 3 is 1.18 bits per heavy atom. The number of benzene rings is 14. The second-order valence-corrected chi connectivity index (χ2v) is 33.2. The van der Waals surface area contributed by atoms with Gasteiger partial charge in [0, 0.05) is 90.4 Å². The number of fused-ring (bicyclic) bond motifs is 7. The van der Waals surface area contributed by atoms with E-state index in [0.29, 0.717) is 73.1 Å². The van der Waals surface area contributed by atoms with Crippen LogP contribution in [0.15, 0.2) is 361 Å². The van der Waals surface area contributed by atoms with Crippen LogP contribution in [0.4, 0.5) is 102 Å². The monoisotopic (exact) mass is 1520 g/mol. The van der Waals surface area contributed by atoms with E-state index in [4.69, 9.17) is 23.2 Å². The van der Waals surface area contributed by atoms with Crippen molar-refractivity contribution >= 4 is 159 Å². The number of hydrogen-bond donors (Lipinski definition) is 0. The third kappa shape index (κ3) is 14.1. The predicted octanol–water partition coefficient (Wildman–Crippen LogP) is 28.7. The van der Waals surface area contributed by atoms with Crippen molar-refractivity contribution in [2.24, 2.45) is 0 Å². The molecule has 0 radical (unpaired) electrons. The molecule has 14 aromatic carbocycles. The summed E-state index contributed by atoms with van der Waals surface area (Å²) in [6.07, 6.45) is -0.340. The van der Waals surface area contributed by atoms with Gasteiger partial charge >= 0.3 is 0 Å². The van der Waals surface area contributed by atoms with Crippen molar-refractivity contribution in [2.45, 2.75) is 105 Å². The van der Waals surface area contributed by atoms with Crippen LogP contribution in [0.25, 0.3) is 21.9 Å². The van der Waals surface area contributed by atoms with Crippen LogP contribution in [0.5, 0.6) is 0 Å². The Labute approximate surface area is 696 Å². The van der Waals surface area contributed by atoms with E-state index >= 15 is 0 Å². The van der Waals surface area contributed by atoms with Crippen LogP contribution in [0.3, 0.4) is 0 Å². The number of rotatable bonds is 14. The van der Waals surface area contributed by atoms with Gasteiger partial charge in [-0.05, 0) is 231 Å². The fourth-order valence-corrected chi connectivity index (χ4v) is 15.2. The molecule has 16 aromatic rings. The molecule has 0 atom stereocenters. The molecule has 0 bridgehead atoms. The van der Waals surface area contributed by atoms with Crippen molar-refractivity contribution in [1.82, 2.24) is 0 Å². The molecule has 0 spiro atoms. The van der Waals surface area contributed by atoms with Crippen LogP contribution in [-0.2, 0) is 21.7 Å². The first kappa shape index (κ1) is 59.1. The lowest BCUT2D eigenvalue weighted by Crippen LogP contribution is -2.61. The maximum atomic E-state index is 10.5. The molecule has 8 nitrogen and oxygen atoms in total. The molecule has 0 unspecified atom stereocenters. The van der Waals surface area contributed by atoms with E-state index in [1.165, 1.54) is 0 Å². The minimum Gasteiger partial charge on any atom is -0.468 e. The summed E-state index contributed by atoms with van der Waals surface area (Å²) in [5.74, 6) is 0. The van der Waals surface area contributed by atoms with Gasteiger partial charge in [0.1, 0.15) is 18.8 Å². The van der Waals surface area contributed by atoms with Crippen molar-refractivity contribution in [1.29, 1.82) is 0 Å². The van der Waals surface area contributed by atoms with Crippen LogP contribution < -0.4 is 46.0 Å². The van der Waals surface area contributed by atoms with Gasteiger partial charge in [-0.25, -0.2) is 0 Å². The summed E-state index contributed by atoms with van der Waals surface area (Å²) in [7, 11) is 0. The number of furan rings is 2. The molecule has 2 aliphatic heterocycles. The lowest BCUT2D eigenvalue weighted by molar-refractivity contribution is 0.589. The lowest BCUT2D eigenvalue weighted by atomic mass is 9.35. The Morgan fingerprint density at radius 2 is 0.711 bits per heavy atom. The number of hydrogen-bond acceptors (Lipinski definition) is 8. The van der Waals surface area contributed by atoms with Crippen molar-refractivity contribution in [3.05, 3.63) is 379 Å². The summed E-state index contributed by atoms with van der Waals surface area (Å²) >= 11 is 7.85. The highest BCUT2D eigenvalue weighted by Gasteiger charge is 2.48. The molecule has 2 aromatic heterocycles. The third-order valence-electron chi connectivity index (χ3n) is 20.8. The summed E-state index contributed by atoms with van der Waals surface area (Å²) < 4.78 is 148. The molecule has 0 fully saturated rings. The number of halogens is 1. The van der Waals surface area contributed by atoms with Gasteiger partial charge < -0.3 is 38.2 Å². The second kappa shape index (κ2) is 29.8. The van der Waals surface area contributed by atoms with E-state index in [9.17, 15) is 16.4 Å². The number of para-hydroxylation sites is 8. The van der Waals surface area contributed by atoms with Crippen molar-refractivity contribution < 1.29 is 28.0 Å². The van der Waals surface area contributed by atoms with Crippen LogP contribution in [-0.4, -0.2) is 6.71 Å². The van der Waals surface area contributed by atoms with Gasteiger partial charge in [-0.15, -0.1) is 0 Å². The highest BCUT2D eigenvalue weighted by Crippen LogP contribution is 2.54. The van der Waals surface area contributed by atoms with Gasteiger partial charge in [-0.3, -0.25) is 0 Å². The SMILES string of the molecule is [2H]c1c([2H])c(N(c2ccccc2)c2ccccc2)c([2H])c2c1B1c3oc4c([2H])c([2H])c(C(C)(C)C)c([2H])c4c3N(c3ccccc3)c3cc(C(C)(C)C)cc(c31)N2c1ccccc1.[2H]c1oc2c([2H])c([2H])c(C(C)(C)C)c([2H])c2c1N(c1ccccc1)c1cc(C(C)(C)C)cc(N(c2ccccc2)c2c([2H])c([2H])c([2H])c(N(c3ccccc3)c3ccccc3)c2[2H])c1Cl. The van der Waals surface area contributed by atoms with Crippen LogP contribution in [0.1, 0.15) is 125 Å². The molecule has 562 valence electrons. The minimum atomic E-state index is -0.830. The largest absolute Gasteiger partial charge is 0.468 e. The molecule has 10 heteroatoms. The quantitative estimate of drug-likeness (QED) is 0.0998. The van der Waals surface area contributed by atoms with Crippen molar-refractivity contribution in [3.63, 3.8) is 0 Å². The lowest BCUT2D eigenvalue weighted by Gasteiger charge is -2.43. The summed E-state index contributed by atoms with van der Waals surface area (Å²) in [6, 6.07) is 82.8.